The van der Waals surface area contributed by atoms with E-state index in [1.54, 1.807) is 24.3 Å². The number of hydrogen-bond donors (Lipinski definition) is 1. The average molecular weight is 310 g/mol. The van der Waals surface area contributed by atoms with Crippen LogP contribution in [0.15, 0.2) is 42.5 Å². The topological polar surface area (TPSA) is 12.0 Å². The maximum absolute atomic E-state index is 14.0. The van der Waals surface area contributed by atoms with E-state index in [4.69, 9.17) is 11.6 Å². The summed E-state index contributed by atoms with van der Waals surface area (Å²) in [5.41, 5.74) is 1.49. The van der Waals surface area contributed by atoms with Gasteiger partial charge >= 0.3 is 0 Å². The fourth-order valence-corrected chi connectivity index (χ4v) is 2.44. The second-order valence-electron chi connectivity index (χ2n) is 4.98. The van der Waals surface area contributed by atoms with Crippen molar-refractivity contribution in [2.75, 3.05) is 6.54 Å². The van der Waals surface area contributed by atoms with Crippen molar-refractivity contribution in [2.45, 2.75) is 25.8 Å². The maximum atomic E-state index is 14.0. The van der Waals surface area contributed by atoms with Gasteiger partial charge in [0.25, 0.3) is 0 Å². The van der Waals surface area contributed by atoms with Crippen LogP contribution >= 0.6 is 11.6 Å². The van der Waals surface area contributed by atoms with Gasteiger partial charge in [-0.3, -0.25) is 0 Å². The average Bonchev–Trinajstić information content (AvgIpc) is 2.49. The van der Waals surface area contributed by atoms with Crippen LogP contribution in [0.1, 0.15) is 30.5 Å². The van der Waals surface area contributed by atoms with Gasteiger partial charge in [0.1, 0.15) is 11.6 Å². The van der Waals surface area contributed by atoms with Crippen molar-refractivity contribution in [3.8, 4) is 0 Å². The van der Waals surface area contributed by atoms with Crippen LogP contribution in [0.3, 0.4) is 0 Å². The number of halogens is 3. The van der Waals surface area contributed by atoms with Crippen LogP contribution in [0.2, 0.25) is 5.02 Å². The van der Waals surface area contributed by atoms with Crippen molar-refractivity contribution >= 4 is 11.6 Å². The summed E-state index contributed by atoms with van der Waals surface area (Å²) in [7, 11) is 0. The molecule has 0 radical (unpaired) electrons. The fraction of sp³-hybridized carbons (Fsp3) is 0.294. The molecular formula is C17H18ClF2N. The second kappa shape index (κ2) is 7.53. The minimum atomic E-state index is -0.385. The third-order valence-corrected chi connectivity index (χ3v) is 3.66. The molecule has 1 atom stereocenters. The number of benzene rings is 2. The summed E-state index contributed by atoms with van der Waals surface area (Å²) in [6, 6.07) is 11.2. The Morgan fingerprint density at radius 3 is 2.48 bits per heavy atom. The molecule has 0 saturated carbocycles. The Labute approximate surface area is 128 Å². The zero-order valence-corrected chi connectivity index (χ0v) is 12.6. The van der Waals surface area contributed by atoms with E-state index in [1.165, 1.54) is 18.2 Å². The van der Waals surface area contributed by atoms with Gasteiger partial charge in [-0.25, -0.2) is 8.78 Å². The van der Waals surface area contributed by atoms with Crippen molar-refractivity contribution in [3.05, 3.63) is 70.2 Å². The van der Waals surface area contributed by atoms with E-state index in [-0.39, 0.29) is 22.7 Å². The highest BCUT2D eigenvalue weighted by Crippen LogP contribution is 2.24. The van der Waals surface area contributed by atoms with Crippen LogP contribution < -0.4 is 5.32 Å². The molecule has 0 aliphatic heterocycles. The lowest BCUT2D eigenvalue weighted by molar-refractivity contribution is 0.512. The highest BCUT2D eigenvalue weighted by Gasteiger charge is 2.15. The molecule has 1 nitrogen and oxygen atoms in total. The lowest BCUT2D eigenvalue weighted by atomic mass is 9.98. The van der Waals surface area contributed by atoms with E-state index in [2.05, 4.69) is 12.2 Å². The number of rotatable bonds is 6. The van der Waals surface area contributed by atoms with Gasteiger partial charge in [0.2, 0.25) is 0 Å². The van der Waals surface area contributed by atoms with Gasteiger partial charge in [0, 0.05) is 6.04 Å². The molecule has 0 saturated heterocycles. The molecule has 1 unspecified atom stereocenters. The van der Waals surface area contributed by atoms with Gasteiger partial charge in [-0.1, -0.05) is 42.8 Å². The Morgan fingerprint density at radius 2 is 1.81 bits per heavy atom. The Bertz CT molecular complexity index is 584. The fourth-order valence-electron chi connectivity index (χ4n) is 2.25. The molecular weight excluding hydrogens is 292 g/mol. The van der Waals surface area contributed by atoms with Crippen LogP contribution in [0.4, 0.5) is 8.78 Å². The first-order chi connectivity index (χ1) is 10.1. The quantitative estimate of drug-likeness (QED) is 0.800. The normalized spacial score (nSPS) is 12.4. The minimum Gasteiger partial charge on any atom is -0.310 e. The van der Waals surface area contributed by atoms with E-state index in [9.17, 15) is 8.78 Å². The van der Waals surface area contributed by atoms with E-state index in [0.717, 1.165) is 18.5 Å². The van der Waals surface area contributed by atoms with Crippen molar-refractivity contribution < 1.29 is 8.78 Å². The molecule has 2 rings (SSSR count). The van der Waals surface area contributed by atoms with Crippen molar-refractivity contribution in [2.24, 2.45) is 0 Å². The first-order valence-electron chi connectivity index (χ1n) is 7.03. The van der Waals surface area contributed by atoms with E-state index < -0.39 is 0 Å². The Balaban J connectivity index is 2.23. The van der Waals surface area contributed by atoms with Crippen molar-refractivity contribution in [1.82, 2.24) is 5.32 Å². The molecule has 0 aliphatic rings. The van der Waals surface area contributed by atoms with Gasteiger partial charge in [0.15, 0.2) is 0 Å². The van der Waals surface area contributed by atoms with Crippen LogP contribution in [-0.4, -0.2) is 6.54 Å². The summed E-state index contributed by atoms with van der Waals surface area (Å²) in [4.78, 5) is 0. The summed E-state index contributed by atoms with van der Waals surface area (Å²) < 4.78 is 27.1. The van der Waals surface area contributed by atoms with Gasteiger partial charge in [-0.15, -0.1) is 0 Å². The highest BCUT2D eigenvalue weighted by atomic mass is 35.5. The van der Waals surface area contributed by atoms with Gasteiger partial charge in [-0.05, 0) is 48.7 Å². The minimum absolute atomic E-state index is 0.0708. The zero-order valence-electron chi connectivity index (χ0n) is 11.9. The molecule has 0 aliphatic carbocycles. The molecule has 4 heteroatoms. The molecule has 0 spiro atoms. The molecule has 0 fully saturated rings. The van der Waals surface area contributed by atoms with Crippen LogP contribution in [0.5, 0.6) is 0 Å². The molecule has 0 heterocycles. The second-order valence-corrected chi connectivity index (χ2v) is 5.38. The third-order valence-electron chi connectivity index (χ3n) is 3.37. The standard InChI is InChI=1S/C17H18ClF2N/c1-2-10-21-16(12-6-8-14(19)9-7-12)11-13-4-3-5-15(18)17(13)20/h3-9,16,21H,2,10-11H2,1H3. The van der Waals surface area contributed by atoms with E-state index in [1.807, 2.05) is 0 Å². The molecule has 21 heavy (non-hydrogen) atoms. The molecule has 0 amide bonds. The summed E-state index contributed by atoms with van der Waals surface area (Å²) >= 11 is 5.82. The molecule has 2 aromatic carbocycles. The largest absolute Gasteiger partial charge is 0.310 e. The molecule has 0 bridgehead atoms. The van der Waals surface area contributed by atoms with Crippen molar-refractivity contribution in [3.63, 3.8) is 0 Å². The van der Waals surface area contributed by atoms with Crippen molar-refractivity contribution in [1.29, 1.82) is 0 Å². The Kier molecular flexibility index (Phi) is 5.71. The Morgan fingerprint density at radius 1 is 1.10 bits per heavy atom. The van der Waals surface area contributed by atoms with Crippen LogP contribution in [0.25, 0.3) is 0 Å². The molecule has 112 valence electrons. The number of hydrogen-bond acceptors (Lipinski definition) is 1. The smallest absolute Gasteiger partial charge is 0.145 e. The summed E-state index contributed by atoms with van der Waals surface area (Å²) in [5.74, 6) is -0.661. The lowest BCUT2D eigenvalue weighted by Gasteiger charge is -2.19. The molecule has 2 aromatic rings. The SMILES string of the molecule is CCCNC(Cc1cccc(Cl)c1F)c1ccc(F)cc1. The zero-order chi connectivity index (χ0) is 15.2. The van der Waals surface area contributed by atoms with E-state index >= 15 is 0 Å². The molecule has 1 N–H and O–H groups in total. The predicted octanol–water partition coefficient (Wildman–Crippen LogP) is 4.90. The maximum Gasteiger partial charge on any atom is 0.145 e. The summed E-state index contributed by atoms with van der Waals surface area (Å²) in [6.45, 7) is 2.87. The number of nitrogens with one attached hydrogen (secondary N) is 1. The first kappa shape index (κ1) is 15.9. The first-order valence-corrected chi connectivity index (χ1v) is 7.41. The summed E-state index contributed by atoms with van der Waals surface area (Å²) in [5, 5.41) is 3.49. The summed E-state index contributed by atoms with van der Waals surface area (Å²) in [6.07, 6.45) is 1.44. The highest BCUT2D eigenvalue weighted by molar-refractivity contribution is 6.30. The van der Waals surface area contributed by atoms with Gasteiger partial charge in [0.05, 0.1) is 5.02 Å². The molecule has 0 aromatic heterocycles. The van der Waals surface area contributed by atoms with E-state index in [0.29, 0.717) is 12.0 Å². The van der Waals surface area contributed by atoms with Crippen LogP contribution in [0, 0.1) is 11.6 Å². The monoisotopic (exact) mass is 309 g/mol. The predicted molar refractivity (Wildman–Crippen MR) is 82.5 cm³/mol. The third kappa shape index (κ3) is 4.26. The van der Waals surface area contributed by atoms with Gasteiger partial charge < -0.3 is 5.32 Å². The van der Waals surface area contributed by atoms with Crippen LogP contribution in [-0.2, 0) is 6.42 Å². The van der Waals surface area contributed by atoms with Gasteiger partial charge in [-0.2, -0.15) is 0 Å². The lowest BCUT2D eigenvalue weighted by Crippen LogP contribution is -2.24. The Hall–Kier alpha value is -1.45.